The topological polar surface area (TPSA) is 34.9 Å². The van der Waals surface area contributed by atoms with E-state index < -0.39 is 17.4 Å². The van der Waals surface area contributed by atoms with Crippen LogP contribution in [0.25, 0.3) is 0 Å². The molecule has 0 saturated heterocycles. The Morgan fingerprint density at radius 1 is 1.53 bits per heavy atom. The fourth-order valence-corrected chi connectivity index (χ4v) is 1.28. The molecule has 0 aliphatic heterocycles. The number of alkyl halides is 3. The van der Waals surface area contributed by atoms with Gasteiger partial charge in [0.2, 0.25) is 0 Å². The maximum atomic E-state index is 12.6. The molecule has 0 aromatic carbocycles. The summed E-state index contributed by atoms with van der Waals surface area (Å²) in [6.45, 7) is 3.70. The van der Waals surface area contributed by atoms with E-state index in [0.717, 1.165) is 10.9 Å². The molecule has 3 nitrogen and oxygen atoms in total. The molecule has 0 aliphatic rings. The van der Waals surface area contributed by atoms with Crippen molar-refractivity contribution in [3.05, 3.63) is 17.5 Å². The molecule has 0 fully saturated rings. The number of aromatic nitrogens is 2. The van der Waals surface area contributed by atoms with Crippen molar-refractivity contribution < 1.29 is 18.0 Å². The van der Waals surface area contributed by atoms with Gasteiger partial charge < -0.3 is 0 Å². The van der Waals surface area contributed by atoms with Crippen molar-refractivity contribution in [3.8, 4) is 0 Å². The highest BCUT2D eigenvalue weighted by Crippen LogP contribution is 2.31. The van der Waals surface area contributed by atoms with Crippen molar-refractivity contribution in [1.29, 1.82) is 0 Å². The lowest BCUT2D eigenvalue weighted by molar-refractivity contribution is -0.144. The van der Waals surface area contributed by atoms with Gasteiger partial charge in [-0.2, -0.15) is 18.3 Å². The van der Waals surface area contributed by atoms with Gasteiger partial charge in [-0.25, -0.2) is 0 Å². The van der Waals surface area contributed by atoms with Crippen molar-refractivity contribution in [2.75, 3.05) is 0 Å². The Kier molecular flexibility index (Phi) is 3.16. The quantitative estimate of drug-likeness (QED) is 0.733. The van der Waals surface area contributed by atoms with Crippen molar-refractivity contribution in [3.63, 3.8) is 0 Å². The monoisotopic (exact) mass is 220 g/mol. The van der Waals surface area contributed by atoms with Gasteiger partial charge in [-0.15, -0.1) is 0 Å². The standard InChI is InChI=1S/C9H11F3N2O/c1-6(2)4-14-8(9(10,11)12)7(5-15)3-13-14/h3,5-6H,4H2,1-2H3. The minimum absolute atomic E-state index is 0.0329. The molecule has 6 heteroatoms. The van der Waals surface area contributed by atoms with Gasteiger partial charge in [0.05, 0.1) is 11.8 Å². The highest BCUT2D eigenvalue weighted by atomic mass is 19.4. The van der Waals surface area contributed by atoms with Crippen molar-refractivity contribution >= 4 is 6.29 Å². The van der Waals surface area contributed by atoms with Crippen LogP contribution in [0.15, 0.2) is 6.20 Å². The van der Waals surface area contributed by atoms with E-state index in [1.807, 2.05) is 0 Å². The summed E-state index contributed by atoms with van der Waals surface area (Å²) in [5, 5.41) is 3.56. The first-order valence-electron chi connectivity index (χ1n) is 4.44. The van der Waals surface area contributed by atoms with E-state index in [-0.39, 0.29) is 18.7 Å². The molecule has 1 aromatic rings. The number of carbonyl (C=O) groups excluding carboxylic acids is 1. The summed E-state index contributed by atoms with van der Waals surface area (Å²) in [6, 6.07) is 0. The fraction of sp³-hybridized carbons (Fsp3) is 0.556. The average molecular weight is 220 g/mol. The van der Waals surface area contributed by atoms with E-state index in [9.17, 15) is 18.0 Å². The Labute approximate surface area is 84.9 Å². The lowest BCUT2D eigenvalue weighted by Crippen LogP contribution is -2.18. The molecule has 84 valence electrons. The highest BCUT2D eigenvalue weighted by molar-refractivity contribution is 5.76. The smallest absolute Gasteiger partial charge is 0.298 e. The molecule has 0 amide bonds. The van der Waals surface area contributed by atoms with Crippen molar-refractivity contribution in [1.82, 2.24) is 9.78 Å². The molecule has 0 aliphatic carbocycles. The Morgan fingerprint density at radius 2 is 2.13 bits per heavy atom. The fourth-order valence-electron chi connectivity index (χ4n) is 1.28. The van der Waals surface area contributed by atoms with E-state index >= 15 is 0 Å². The third-order valence-corrected chi connectivity index (χ3v) is 1.80. The molecule has 15 heavy (non-hydrogen) atoms. The van der Waals surface area contributed by atoms with E-state index in [1.54, 1.807) is 13.8 Å². The van der Waals surface area contributed by atoms with Crippen molar-refractivity contribution in [2.24, 2.45) is 5.92 Å². The molecular formula is C9H11F3N2O. The van der Waals surface area contributed by atoms with Crippen LogP contribution < -0.4 is 0 Å². The van der Waals surface area contributed by atoms with Gasteiger partial charge in [0.25, 0.3) is 0 Å². The van der Waals surface area contributed by atoms with Gasteiger partial charge in [0, 0.05) is 6.54 Å². The summed E-state index contributed by atoms with van der Waals surface area (Å²) in [5.41, 5.74) is -1.38. The van der Waals surface area contributed by atoms with Crippen LogP contribution in [0.3, 0.4) is 0 Å². The maximum Gasteiger partial charge on any atom is 0.433 e. The lowest BCUT2D eigenvalue weighted by atomic mass is 10.2. The van der Waals surface area contributed by atoms with Crippen LogP contribution in [0.1, 0.15) is 29.9 Å². The summed E-state index contributed by atoms with van der Waals surface area (Å²) >= 11 is 0. The molecule has 0 radical (unpaired) electrons. The molecule has 0 bridgehead atoms. The normalized spacial score (nSPS) is 12.1. The molecule has 1 aromatic heterocycles. The maximum absolute atomic E-state index is 12.6. The molecule has 0 N–H and O–H groups in total. The first kappa shape index (κ1) is 11.7. The number of hydrogen-bond donors (Lipinski definition) is 0. The first-order valence-corrected chi connectivity index (χ1v) is 4.44. The number of aldehydes is 1. The lowest BCUT2D eigenvalue weighted by Gasteiger charge is -2.12. The molecule has 0 saturated carbocycles. The molecular weight excluding hydrogens is 209 g/mol. The first-order chi connectivity index (χ1) is 6.86. The second kappa shape index (κ2) is 4.04. The molecule has 1 rings (SSSR count). The highest BCUT2D eigenvalue weighted by Gasteiger charge is 2.38. The van der Waals surface area contributed by atoms with Crippen LogP contribution in [0, 0.1) is 5.92 Å². The molecule has 0 unspecified atom stereocenters. The summed E-state index contributed by atoms with van der Waals surface area (Å²) in [7, 11) is 0. The van der Waals surface area contributed by atoms with Crippen LogP contribution in [0.5, 0.6) is 0 Å². The summed E-state index contributed by atoms with van der Waals surface area (Å²) in [6.07, 6.45) is -3.42. The van der Waals surface area contributed by atoms with E-state index in [2.05, 4.69) is 5.10 Å². The van der Waals surface area contributed by atoms with Crippen LogP contribution in [0.4, 0.5) is 13.2 Å². The molecule has 0 atom stereocenters. The van der Waals surface area contributed by atoms with Gasteiger partial charge in [0.1, 0.15) is 0 Å². The Bertz CT molecular complexity index is 355. The number of carbonyl (C=O) groups is 1. The summed E-state index contributed by atoms with van der Waals surface area (Å²) in [5.74, 6) is 0.0329. The van der Waals surface area contributed by atoms with Crippen LogP contribution in [-0.2, 0) is 12.7 Å². The second-order valence-corrected chi connectivity index (χ2v) is 3.64. The molecule has 0 spiro atoms. The van der Waals surface area contributed by atoms with Gasteiger partial charge >= 0.3 is 6.18 Å². The predicted octanol–water partition coefficient (Wildman–Crippen LogP) is 2.37. The predicted molar refractivity (Wildman–Crippen MR) is 47.5 cm³/mol. The minimum atomic E-state index is -4.54. The van der Waals surface area contributed by atoms with E-state index in [0.29, 0.717) is 0 Å². The van der Waals surface area contributed by atoms with E-state index in [4.69, 9.17) is 0 Å². The number of halogens is 3. The zero-order chi connectivity index (χ0) is 11.6. The Morgan fingerprint density at radius 3 is 2.53 bits per heavy atom. The number of hydrogen-bond acceptors (Lipinski definition) is 2. The van der Waals surface area contributed by atoms with Crippen LogP contribution in [0.2, 0.25) is 0 Å². The minimum Gasteiger partial charge on any atom is -0.298 e. The third kappa shape index (κ3) is 2.57. The third-order valence-electron chi connectivity index (χ3n) is 1.80. The Hall–Kier alpha value is -1.33. The van der Waals surface area contributed by atoms with Gasteiger partial charge in [-0.3, -0.25) is 9.48 Å². The zero-order valence-electron chi connectivity index (χ0n) is 8.38. The van der Waals surface area contributed by atoms with Gasteiger partial charge in [-0.05, 0) is 5.92 Å². The van der Waals surface area contributed by atoms with Crippen molar-refractivity contribution in [2.45, 2.75) is 26.6 Å². The van der Waals surface area contributed by atoms with Gasteiger partial charge in [0.15, 0.2) is 12.0 Å². The van der Waals surface area contributed by atoms with Gasteiger partial charge in [-0.1, -0.05) is 13.8 Å². The number of rotatable bonds is 3. The van der Waals surface area contributed by atoms with E-state index in [1.165, 1.54) is 0 Å². The summed E-state index contributed by atoms with van der Waals surface area (Å²) in [4.78, 5) is 10.4. The molecule has 1 heterocycles. The number of nitrogens with zero attached hydrogens (tertiary/aromatic N) is 2. The largest absolute Gasteiger partial charge is 0.433 e. The Balaban J connectivity index is 3.17. The van der Waals surface area contributed by atoms with Crippen LogP contribution in [-0.4, -0.2) is 16.1 Å². The second-order valence-electron chi connectivity index (χ2n) is 3.64. The summed E-state index contributed by atoms with van der Waals surface area (Å²) < 4.78 is 38.5. The SMILES string of the molecule is CC(C)Cn1ncc(C=O)c1C(F)(F)F. The van der Waals surface area contributed by atoms with Crippen LogP contribution >= 0.6 is 0 Å². The zero-order valence-corrected chi connectivity index (χ0v) is 8.38. The average Bonchev–Trinajstić information content (AvgIpc) is 2.45.